The fourth-order valence-electron chi connectivity index (χ4n) is 1.12. The molecular formula is C10H11FO4. The van der Waals surface area contributed by atoms with Crippen LogP contribution in [0.2, 0.25) is 0 Å². The number of hydrogen-bond donors (Lipinski definition) is 2. The average molecular weight is 214 g/mol. The Morgan fingerprint density at radius 1 is 1.40 bits per heavy atom. The Morgan fingerprint density at radius 2 is 2.00 bits per heavy atom. The van der Waals surface area contributed by atoms with Crippen LogP contribution in [0.5, 0.6) is 0 Å². The first-order valence-electron chi connectivity index (χ1n) is 4.36. The van der Waals surface area contributed by atoms with E-state index in [0.717, 1.165) is 12.1 Å². The first-order chi connectivity index (χ1) is 7.15. The number of aliphatic carboxylic acids is 1. The highest BCUT2D eigenvalue weighted by Crippen LogP contribution is 2.17. The number of hydrogen-bond acceptors (Lipinski definition) is 3. The Hall–Kier alpha value is -1.46. The van der Waals surface area contributed by atoms with E-state index < -0.39 is 17.9 Å². The molecule has 0 aliphatic carbocycles. The van der Waals surface area contributed by atoms with Gasteiger partial charge in [0.2, 0.25) is 0 Å². The zero-order valence-electron chi connectivity index (χ0n) is 7.89. The monoisotopic (exact) mass is 214 g/mol. The molecule has 0 radical (unpaired) electrons. The van der Waals surface area contributed by atoms with E-state index in [2.05, 4.69) is 0 Å². The molecule has 0 saturated heterocycles. The van der Waals surface area contributed by atoms with E-state index in [1.165, 1.54) is 12.1 Å². The third-order valence-electron chi connectivity index (χ3n) is 1.77. The van der Waals surface area contributed by atoms with Gasteiger partial charge in [0.25, 0.3) is 0 Å². The largest absolute Gasteiger partial charge is 0.479 e. The Kier molecular flexibility index (Phi) is 4.20. The Balaban J connectivity index is 2.79. The van der Waals surface area contributed by atoms with Crippen molar-refractivity contribution in [2.24, 2.45) is 0 Å². The second-order valence-electron chi connectivity index (χ2n) is 2.86. The molecule has 82 valence electrons. The van der Waals surface area contributed by atoms with Gasteiger partial charge in [-0.25, -0.2) is 9.18 Å². The molecule has 0 fully saturated rings. The second kappa shape index (κ2) is 5.43. The van der Waals surface area contributed by atoms with Crippen molar-refractivity contribution in [2.45, 2.75) is 6.10 Å². The van der Waals surface area contributed by atoms with Crippen molar-refractivity contribution >= 4 is 5.97 Å². The summed E-state index contributed by atoms with van der Waals surface area (Å²) < 4.78 is 17.5. The van der Waals surface area contributed by atoms with E-state index in [4.69, 9.17) is 14.9 Å². The van der Waals surface area contributed by atoms with Gasteiger partial charge >= 0.3 is 5.97 Å². The molecule has 15 heavy (non-hydrogen) atoms. The van der Waals surface area contributed by atoms with E-state index in [-0.39, 0.29) is 13.2 Å². The molecule has 0 aromatic heterocycles. The summed E-state index contributed by atoms with van der Waals surface area (Å²) in [5, 5.41) is 17.3. The van der Waals surface area contributed by atoms with Crippen molar-refractivity contribution in [3.8, 4) is 0 Å². The minimum absolute atomic E-state index is 0.0751. The number of benzene rings is 1. The lowest BCUT2D eigenvalue weighted by molar-refractivity contribution is -0.151. The topological polar surface area (TPSA) is 66.8 Å². The van der Waals surface area contributed by atoms with Gasteiger partial charge in [-0.15, -0.1) is 0 Å². The van der Waals surface area contributed by atoms with Crippen molar-refractivity contribution in [3.05, 3.63) is 35.6 Å². The molecule has 0 heterocycles. The van der Waals surface area contributed by atoms with Gasteiger partial charge in [-0.1, -0.05) is 12.1 Å². The first-order valence-corrected chi connectivity index (χ1v) is 4.36. The maximum Gasteiger partial charge on any atom is 0.337 e. The van der Waals surface area contributed by atoms with Crippen LogP contribution in [0.3, 0.4) is 0 Å². The number of carbonyl (C=O) groups is 1. The van der Waals surface area contributed by atoms with Gasteiger partial charge in [0, 0.05) is 0 Å². The van der Waals surface area contributed by atoms with Gasteiger partial charge in [0.15, 0.2) is 6.10 Å². The van der Waals surface area contributed by atoms with Crippen molar-refractivity contribution in [1.82, 2.24) is 0 Å². The summed E-state index contributed by atoms with van der Waals surface area (Å²) in [5.41, 5.74) is 0.345. The normalized spacial score (nSPS) is 12.4. The zero-order valence-corrected chi connectivity index (χ0v) is 7.89. The lowest BCUT2D eigenvalue weighted by Gasteiger charge is -2.12. The van der Waals surface area contributed by atoms with Gasteiger partial charge in [-0.3, -0.25) is 0 Å². The molecule has 1 aromatic rings. The predicted molar refractivity (Wildman–Crippen MR) is 49.8 cm³/mol. The molecule has 1 rings (SSSR count). The summed E-state index contributed by atoms with van der Waals surface area (Å²) in [5.74, 6) is -1.61. The van der Waals surface area contributed by atoms with Gasteiger partial charge < -0.3 is 14.9 Å². The van der Waals surface area contributed by atoms with E-state index in [0.29, 0.717) is 5.56 Å². The minimum atomic E-state index is -1.17. The SMILES string of the molecule is O=C(O)C(OCCO)c1ccc(F)cc1. The van der Waals surface area contributed by atoms with Gasteiger partial charge in [0.05, 0.1) is 13.2 Å². The quantitative estimate of drug-likeness (QED) is 0.766. The molecule has 0 spiro atoms. The summed E-state index contributed by atoms with van der Waals surface area (Å²) in [4.78, 5) is 10.8. The molecule has 0 aliphatic rings. The average Bonchev–Trinajstić information content (AvgIpc) is 2.21. The number of carboxylic acid groups (broad SMARTS) is 1. The lowest BCUT2D eigenvalue weighted by atomic mass is 10.1. The van der Waals surface area contributed by atoms with Gasteiger partial charge in [-0.05, 0) is 17.7 Å². The van der Waals surface area contributed by atoms with Crippen LogP contribution in [0.4, 0.5) is 4.39 Å². The Morgan fingerprint density at radius 3 is 2.47 bits per heavy atom. The predicted octanol–water partition coefficient (Wildman–Crippen LogP) is 0.960. The fraction of sp³-hybridized carbons (Fsp3) is 0.300. The van der Waals surface area contributed by atoms with Crippen LogP contribution in [0, 0.1) is 5.82 Å². The lowest BCUT2D eigenvalue weighted by Crippen LogP contribution is -2.17. The first kappa shape index (κ1) is 11.6. The molecule has 4 nitrogen and oxygen atoms in total. The van der Waals surface area contributed by atoms with Crippen LogP contribution in [-0.2, 0) is 9.53 Å². The number of carboxylic acids is 1. The van der Waals surface area contributed by atoms with Crippen molar-refractivity contribution in [1.29, 1.82) is 0 Å². The molecule has 0 saturated carbocycles. The van der Waals surface area contributed by atoms with Crippen LogP contribution < -0.4 is 0 Å². The van der Waals surface area contributed by atoms with E-state index in [1.807, 2.05) is 0 Å². The van der Waals surface area contributed by atoms with Gasteiger partial charge in [-0.2, -0.15) is 0 Å². The molecule has 0 bridgehead atoms. The summed E-state index contributed by atoms with van der Waals surface area (Å²) >= 11 is 0. The summed E-state index contributed by atoms with van der Waals surface area (Å²) in [6, 6.07) is 5.00. The Bertz CT molecular complexity index is 323. The van der Waals surface area contributed by atoms with E-state index >= 15 is 0 Å². The van der Waals surface area contributed by atoms with Crippen molar-refractivity contribution in [3.63, 3.8) is 0 Å². The third kappa shape index (κ3) is 3.30. The maximum atomic E-state index is 12.6. The summed E-state index contributed by atoms with van der Waals surface area (Å²) in [6.07, 6.45) is -1.17. The van der Waals surface area contributed by atoms with Crippen LogP contribution in [-0.4, -0.2) is 29.4 Å². The summed E-state index contributed by atoms with van der Waals surface area (Å²) in [7, 11) is 0. The van der Waals surface area contributed by atoms with E-state index in [1.54, 1.807) is 0 Å². The number of rotatable bonds is 5. The standard InChI is InChI=1S/C10H11FO4/c11-8-3-1-7(2-4-8)9(10(13)14)15-6-5-12/h1-4,9,12H,5-6H2,(H,13,14). The molecular weight excluding hydrogens is 203 g/mol. The molecule has 1 atom stereocenters. The van der Waals surface area contributed by atoms with Crippen LogP contribution >= 0.6 is 0 Å². The molecule has 5 heteroatoms. The second-order valence-corrected chi connectivity index (χ2v) is 2.86. The molecule has 1 unspecified atom stereocenters. The number of ether oxygens (including phenoxy) is 1. The van der Waals surface area contributed by atoms with Crippen LogP contribution in [0.15, 0.2) is 24.3 Å². The van der Waals surface area contributed by atoms with Crippen molar-refractivity contribution in [2.75, 3.05) is 13.2 Å². The Labute approximate surface area is 85.9 Å². The van der Waals surface area contributed by atoms with E-state index in [9.17, 15) is 9.18 Å². The number of aliphatic hydroxyl groups excluding tert-OH is 1. The highest BCUT2D eigenvalue weighted by atomic mass is 19.1. The zero-order chi connectivity index (χ0) is 11.3. The van der Waals surface area contributed by atoms with Crippen molar-refractivity contribution < 1.29 is 24.1 Å². The maximum absolute atomic E-state index is 12.6. The summed E-state index contributed by atoms with van der Waals surface area (Å²) in [6.45, 7) is -0.334. The highest BCUT2D eigenvalue weighted by molar-refractivity contribution is 5.74. The number of aliphatic hydroxyl groups is 1. The number of halogens is 1. The van der Waals surface area contributed by atoms with Crippen LogP contribution in [0.1, 0.15) is 11.7 Å². The molecule has 0 aliphatic heterocycles. The molecule has 1 aromatic carbocycles. The third-order valence-corrected chi connectivity index (χ3v) is 1.77. The minimum Gasteiger partial charge on any atom is -0.479 e. The highest BCUT2D eigenvalue weighted by Gasteiger charge is 2.19. The fourth-order valence-corrected chi connectivity index (χ4v) is 1.12. The smallest absolute Gasteiger partial charge is 0.337 e. The molecule has 0 amide bonds. The molecule has 2 N–H and O–H groups in total. The van der Waals surface area contributed by atoms with Crippen LogP contribution in [0.25, 0.3) is 0 Å². The van der Waals surface area contributed by atoms with Gasteiger partial charge in [0.1, 0.15) is 5.82 Å².